The van der Waals surface area contributed by atoms with Crippen LogP contribution in [0.25, 0.3) is 0 Å². The molecule has 0 aliphatic heterocycles. The summed E-state index contributed by atoms with van der Waals surface area (Å²) in [7, 11) is -4.60. The molecule has 0 saturated carbocycles. The number of aliphatic hydroxyl groups excluding tert-OH is 1. The Labute approximate surface area is 79.9 Å². The molecule has 77 valence electrons. The average Bonchev–Trinajstić information content (AvgIpc) is 2.01. The number of carbonyl (C=O) groups is 1. The van der Waals surface area contributed by atoms with E-state index in [0.717, 1.165) is 18.2 Å². The standard InChI is InChI=1S/C7H7O6S/c8-4-2-1-3-5(14(11,12)13)6(4)7(9)10/h1-3,6,8H,(H,9,10)(H,11,12,13). The molecule has 0 fully saturated rings. The van der Waals surface area contributed by atoms with E-state index in [1.165, 1.54) is 0 Å². The minimum absolute atomic E-state index is 0.632. The first kappa shape index (κ1) is 10.9. The molecular weight excluding hydrogens is 212 g/mol. The highest BCUT2D eigenvalue weighted by Gasteiger charge is 2.37. The molecule has 0 saturated heterocycles. The van der Waals surface area contributed by atoms with E-state index in [9.17, 15) is 13.2 Å². The normalized spacial score (nSPS) is 23.3. The second-order valence-corrected chi connectivity index (χ2v) is 4.02. The summed E-state index contributed by atoms with van der Waals surface area (Å²) < 4.78 is 30.1. The summed E-state index contributed by atoms with van der Waals surface area (Å²) in [4.78, 5) is 9.85. The molecule has 0 aromatic carbocycles. The largest absolute Gasteiger partial charge is 0.481 e. The molecule has 1 atom stereocenters. The maximum atomic E-state index is 10.7. The molecule has 1 aliphatic carbocycles. The first-order valence-electron chi connectivity index (χ1n) is 3.48. The van der Waals surface area contributed by atoms with Gasteiger partial charge in [-0.1, -0.05) is 6.08 Å². The lowest BCUT2D eigenvalue weighted by molar-refractivity contribution is -0.140. The zero-order chi connectivity index (χ0) is 10.9. The second-order valence-electron chi connectivity index (χ2n) is 2.60. The third kappa shape index (κ3) is 2.00. The van der Waals surface area contributed by atoms with Gasteiger partial charge in [0, 0.05) is 0 Å². The molecule has 0 spiro atoms. The maximum Gasteiger partial charge on any atom is 0.315 e. The van der Waals surface area contributed by atoms with Gasteiger partial charge in [-0.15, -0.1) is 0 Å². The monoisotopic (exact) mass is 219 g/mol. The van der Waals surface area contributed by atoms with Gasteiger partial charge in [0.25, 0.3) is 10.1 Å². The predicted octanol–water partition coefficient (Wildman–Crippen LogP) is -0.0668. The van der Waals surface area contributed by atoms with Crippen molar-refractivity contribution in [3.63, 3.8) is 0 Å². The van der Waals surface area contributed by atoms with Crippen LogP contribution < -0.4 is 0 Å². The van der Waals surface area contributed by atoms with E-state index in [2.05, 4.69) is 0 Å². The number of aliphatic hydroxyl groups is 1. The second kappa shape index (κ2) is 3.52. The van der Waals surface area contributed by atoms with E-state index >= 15 is 0 Å². The van der Waals surface area contributed by atoms with Crippen molar-refractivity contribution in [3.05, 3.63) is 29.2 Å². The first-order chi connectivity index (χ1) is 6.34. The van der Waals surface area contributed by atoms with Crippen LogP contribution in [0.15, 0.2) is 23.1 Å². The molecule has 0 amide bonds. The van der Waals surface area contributed by atoms with E-state index in [0.29, 0.717) is 0 Å². The number of allylic oxidation sites excluding steroid dienone is 2. The minimum Gasteiger partial charge on any atom is -0.481 e. The summed E-state index contributed by atoms with van der Waals surface area (Å²) in [6.45, 7) is 0. The molecule has 14 heavy (non-hydrogen) atoms. The Morgan fingerprint density at radius 1 is 1.43 bits per heavy atom. The van der Waals surface area contributed by atoms with Crippen LogP contribution in [0.2, 0.25) is 0 Å². The molecule has 1 rings (SSSR count). The lowest BCUT2D eigenvalue weighted by Gasteiger charge is -2.18. The van der Waals surface area contributed by atoms with Crippen LogP contribution in [-0.2, 0) is 14.9 Å². The van der Waals surface area contributed by atoms with Gasteiger partial charge < -0.3 is 10.2 Å². The highest BCUT2D eigenvalue weighted by atomic mass is 32.2. The lowest BCUT2D eigenvalue weighted by Crippen LogP contribution is -2.28. The lowest BCUT2D eigenvalue weighted by atomic mass is 9.98. The number of carboxylic acids is 1. The first-order valence-corrected chi connectivity index (χ1v) is 4.92. The van der Waals surface area contributed by atoms with Crippen molar-refractivity contribution in [1.29, 1.82) is 0 Å². The zero-order valence-electron chi connectivity index (χ0n) is 6.78. The fourth-order valence-corrected chi connectivity index (χ4v) is 1.83. The topological polar surface area (TPSA) is 112 Å². The molecule has 0 aromatic rings. The van der Waals surface area contributed by atoms with Crippen molar-refractivity contribution in [1.82, 2.24) is 0 Å². The van der Waals surface area contributed by atoms with Gasteiger partial charge in [-0.3, -0.25) is 9.35 Å². The Bertz CT molecular complexity index is 404. The van der Waals surface area contributed by atoms with Gasteiger partial charge in [0.05, 0.1) is 4.91 Å². The maximum absolute atomic E-state index is 10.7. The third-order valence-electron chi connectivity index (χ3n) is 1.65. The van der Waals surface area contributed by atoms with Gasteiger partial charge >= 0.3 is 5.97 Å². The van der Waals surface area contributed by atoms with E-state index in [1.54, 1.807) is 0 Å². The molecular formula is C7H7O6S. The van der Waals surface area contributed by atoms with E-state index < -0.39 is 33.0 Å². The van der Waals surface area contributed by atoms with Crippen molar-refractivity contribution in [3.8, 4) is 0 Å². The number of hydrogen-bond acceptors (Lipinski definition) is 4. The molecule has 6 nitrogen and oxygen atoms in total. The fraction of sp³-hybridized carbons (Fsp3) is 0.143. The summed E-state index contributed by atoms with van der Waals surface area (Å²) in [6, 6.07) is 0. The van der Waals surface area contributed by atoms with Crippen molar-refractivity contribution >= 4 is 16.1 Å². The molecule has 1 unspecified atom stereocenters. The molecule has 7 heteroatoms. The molecule has 1 radical (unpaired) electrons. The van der Waals surface area contributed by atoms with Crippen LogP contribution in [0.3, 0.4) is 0 Å². The Morgan fingerprint density at radius 3 is 2.36 bits per heavy atom. The molecule has 0 bridgehead atoms. The van der Waals surface area contributed by atoms with E-state index in [1.807, 2.05) is 0 Å². The summed E-state index contributed by atoms with van der Waals surface area (Å²) >= 11 is 0. The highest BCUT2D eigenvalue weighted by Crippen LogP contribution is 2.29. The van der Waals surface area contributed by atoms with E-state index in [-0.39, 0.29) is 0 Å². The van der Waals surface area contributed by atoms with Crippen LogP contribution in [0.5, 0.6) is 0 Å². The minimum atomic E-state index is -4.60. The molecule has 0 heterocycles. The van der Waals surface area contributed by atoms with Crippen molar-refractivity contribution in [2.45, 2.75) is 0 Å². The Kier molecular flexibility index (Phi) is 2.74. The SMILES string of the molecule is O=C(O)C1[C](O)C=CC=C1S(=O)(=O)O. The summed E-state index contributed by atoms with van der Waals surface area (Å²) in [5.41, 5.74) is 0. The van der Waals surface area contributed by atoms with Crippen molar-refractivity contribution in [2.24, 2.45) is 5.92 Å². The summed E-state index contributed by atoms with van der Waals surface area (Å²) in [5, 5.41) is 17.7. The quantitative estimate of drug-likeness (QED) is 0.560. The van der Waals surface area contributed by atoms with Crippen LogP contribution >= 0.6 is 0 Å². The van der Waals surface area contributed by atoms with Crippen LogP contribution in [0.1, 0.15) is 0 Å². The van der Waals surface area contributed by atoms with Crippen molar-refractivity contribution < 1.29 is 28.0 Å². The molecule has 1 aliphatic rings. The predicted molar refractivity (Wildman–Crippen MR) is 45.1 cm³/mol. The summed E-state index contributed by atoms with van der Waals surface area (Å²) in [5.74, 6) is -3.27. The number of aliphatic carboxylic acids is 1. The van der Waals surface area contributed by atoms with Gasteiger partial charge in [-0.2, -0.15) is 8.42 Å². The van der Waals surface area contributed by atoms with Gasteiger partial charge in [-0.25, -0.2) is 0 Å². The number of rotatable bonds is 2. The smallest absolute Gasteiger partial charge is 0.315 e. The number of hydrogen-bond donors (Lipinski definition) is 3. The Morgan fingerprint density at radius 2 is 2.00 bits per heavy atom. The fourth-order valence-electron chi connectivity index (χ4n) is 1.06. The van der Waals surface area contributed by atoms with Crippen LogP contribution in [0.4, 0.5) is 0 Å². The van der Waals surface area contributed by atoms with Crippen molar-refractivity contribution in [2.75, 3.05) is 0 Å². The summed E-state index contributed by atoms with van der Waals surface area (Å²) in [6.07, 6.45) is 2.48. The number of carboxylic acid groups (broad SMARTS) is 1. The van der Waals surface area contributed by atoms with Gasteiger partial charge in [-0.05, 0) is 12.2 Å². The molecule has 0 aromatic heterocycles. The average molecular weight is 219 g/mol. The van der Waals surface area contributed by atoms with Crippen LogP contribution in [-0.4, -0.2) is 29.2 Å². The van der Waals surface area contributed by atoms with Crippen LogP contribution in [0, 0.1) is 12.0 Å². The van der Waals surface area contributed by atoms with Gasteiger partial charge in [0.15, 0.2) is 0 Å². The van der Waals surface area contributed by atoms with Gasteiger partial charge in [0.1, 0.15) is 12.0 Å². The molecule has 3 N–H and O–H groups in total. The van der Waals surface area contributed by atoms with E-state index in [4.69, 9.17) is 14.8 Å². The Balaban J connectivity index is 3.20. The van der Waals surface area contributed by atoms with Gasteiger partial charge in [0.2, 0.25) is 0 Å². The highest BCUT2D eigenvalue weighted by molar-refractivity contribution is 7.89. The third-order valence-corrected chi connectivity index (χ3v) is 2.62. The zero-order valence-corrected chi connectivity index (χ0v) is 7.60. The Hall–Kier alpha value is -1.18.